The highest BCUT2D eigenvalue weighted by Crippen LogP contribution is 2.23. The summed E-state index contributed by atoms with van der Waals surface area (Å²) in [6.45, 7) is 3.84. The molecule has 1 saturated heterocycles. The molecule has 1 amide bonds. The monoisotopic (exact) mass is 798 g/mol. The van der Waals surface area contributed by atoms with Crippen LogP contribution in [-0.4, -0.2) is 87.5 Å². The smallest absolute Gasteiger partial charge is 0.220 e. The summed E-state index contributed by atoms with van der Waals surface area (Å²) < 4.78 is 11.3. The number of ether oxygens (including phenoxy) is 2. The van der Waals surface area contributed by atoms with Crippen molar-refractivity contribution in [3.8, 4) is 0 Å². The van der Waals surface area contributed by atoms with E-state index in [2.05, 4.69) is 31.3 Å². The van der Waals surface area contributed by atoms with Gasteiger partial charge in [0.05, 0.1) is 25.4 Å². The van der Waals surface area contributed by atoms with Gasteiger partial charge in [-0.25, -0.2) is 0 Å². The fourth-order valence-corrected chi connectivity index (χ4v) is 7.74. The summed E-state index contributed by atoms with van der Waals surface area (Å²) in [5.41, 5.74) is 0. The van der Waals surface area contributed by atoms with Gasteiger partial charge in [-0.2, -0.15) is 0 Å². The zero-order valence-electron chi connectivity index (χ0n) is 36.4. The molecule has 0 saturated carbocycles. The lowest BCUT2D eigenvalue weighted by Crippen LogP contribution is -2.60. The molecular formula is C47H91NO8. The van der Waals surface area contributed by atoms with E-state index < -0.39 is 49.5 Å². The van der Waals surface area contributed by atoms with Crippen LogP contribution in [0.3, 0.4) is 0 Å². The van der Waals surface area contributed by atoms with Crippen molar-refractivity contribution in [2.75, 3.05) is 13.2 Å². The van der Waals surface area contributed by atoms with E-state index in [0.29, 0.717) is 12.8 Å². The highest BCUT2D eigenvalue weighted by atomic mass is 16.7. The van der Waals surface area contributed by atoms with Crippen molar-refractivity contribution in [2.24, 2.45) is 0 Å². The number of carbonyl (C=O) groups is 1. The van der Waals surface area contributed by atoms with Gasteiger partial charge in [0.2, 0.25) is 5.91 Å². The Labute approximate surface area is 344 Å². The zero-order chi connectivity index (χ0) is 40.9. The highest BCUT2D eigenvalue weighted by molar-refractivity contribution is 5.76. The van der Waals surface area contributed by atoms with Gasteiger partial charge >= 0.3 is 0 Å². The van der Waals surface area contributed by atoms with Crippen LogP contribution in [0, 0.1) is 0 Å². The summed E-state index contributed by atoms with van der Waals surface area (Å²) in [5, 5.41) is 54.4. The Morgan fingerprint density at radius 3 is 1.45 bits per heavy atom. The first kappa shape index (κ1) is 52.9. The first-order valence-corrected chi connectivity index (χ1v) is 23.9. The van der Waals surface area contributed by atoms with Gasteiger partial charge in [-0.3, -0.25) is 4.79 Å². The Morgan fingerprint density at radius 1 is 0.589 bits per heavy atom. The molecule has 0 spiro atoms. The van der Waals surface area contributed by atoms with E-state index in [9.17, 15) is 30.3 Å². The molecule has 9 heteroatoms. The van der Waals surface area contributed by atoms with Crippen LogP contribution in [0.4, 0.5) is 0 Å². The van der Waals surface area contributed by atoms with Crippen LogP contribution in [-0.2, 0) is 14.3 Å². The molecule has 1 aliphatic heterocycles. The fraction of sp³-hybridized carbons (Fsp3) is 0.936. The Morgan fingerprint density at radius 2 is 1.00 bits per heavy atom. The van der Waals surface area contributed by atoms with Gasteiger partial charge < -0.3 is 40.3 Å². The van der Waals surface area contributed by atoms with E-state index in [-0.39, 0.29) is 12.5 Å². The maximum atomic E-state index is 13.0. The van der Waals surface area contributed by atoms with Crippen molar-refractivity contribution in [2.45, 2.75) is 269 Å². The van der Waals surface area contributed by atoms with E-state index in [0.717, 1.165) is 51.4 Å². The minimum atomic E-state index is -1.55. The van der Waals surface area contributed by atoms with E-state index in [4.69, 9.17) is 9.47 Å². The Hall–Kier alpha value is -1.07. The highest BCUT2D eigenvalue weighted by Gasteiger charge is 2.44. The largest absolute Gasteiger partial charge is 0.394 e. The van der Waals surface area contributed by atoms with Crippen LogP contribution in [0.25, 0.3) is 0 Å². The van der Waals surface area contributed by atoms with E-state index in [1.54, 1.807) is 0 Å². The number of hydrogen-bond acceptors (Lipinski definition) is 8. The lowest BCUT2D eigenvalue weighted by molar-refractivity contribution is -0.302. The third-order valence-corrected chi connectivity index (χ3v) is 11.6. The molecule has 0 radical (unpaired) electrons. The Kier molecular flexibility index (Phi) is 36.1. The number of unbranched alkanes of at least 4 members (excludes halogenated alkanes) is 28. The lowest BCUT2D eigenvalue weighted by Gasteiger charge is -2.40. The van der Waals surface area contributed by atoms with Gasteiger partial charge in [0.15, 0.2) is 6.29 Å². The molecule has 7 atom stereocenters. The van der Waals surface area contributed by atoms with Crippen LogP contribution in [0.1, 0.15) is 226 Å². The van der Waals surface area contributed by atoms with Gasteiger partial charge in [0.25, 0.3) is 0 Å². The topological polar surface area (TPSA) is 149 Å². The quantitative estimate of drug-likeness (QED) is 0.0265. The number of allylic oxidation sites excluding steroid dienone is 2. The second-order valence-corrected chi connectivity index (χ2v) is 16.9. The Balaban J connectivity index is 2.32. The SMILES string of the molecule is CCCCCCCCC/C=C\CCCCCCCC(=O)NC(COC1OC(CO)C(O)C(O)C1O)C(O)CCCCCCCCCCCCCCCCCCC. The molecule has 0 aromatic heterocycles. The first-order chi connectivity index (χ1) is 27.3. The summed E-state index contributed by atoms with van der Waals surface area (Å²) in [6, 6.07) is -0.719. The van der Waals surface area contributed by atoms with Crippen LogP contribution >= 0.6 is 0 Å². The maximum Gasteiger partial charge on any atom is 0.220 e. The summed E-state index contributed by atoms with van der Waals surface area (Å²) in [5.74, 6) is -0.151. The molecule has 1 aliphatic rings. The Bertz CT molecular complexity index is 888. The van der Waals surface area contributed by atoms with Crippen LogP contribution in [0.15, 0.2) is 12.2 Å². The van der Waals surface area contributed by atoms with Gasteiger partial charge in [0, 0.05) is 6.42 Å². The summed E-state index contributed by atoms with van der Waals surface area (Å²) in [4.78, 5) is 13.0. The van der Waals surface area contributed by atoms with Crippen molar-refractivity contribution < 1.29 is 39.8 Å². The summed E-state index contributed by atoms with van der Waals surface area (Å²) in [6.07, 6.45) is 36.4. The van der Waals surface area contributed by atoms with Crippen molar-refractivity contribution in [1.82, 2.24) is 5.32 Å². The van der Waals surface area contributed by atoms with Crippen molar-refractivity contribution in [3.05, 3.63) is 12.2 Å². The van der Waals surface area contributed by atoms with Crippen LogP contribution in [0.5, 0.6) is 0 Å². The number of aliphatic hydroxyl groups is 5. The summed E-state index contributed by atoms with van der Waals surface area (Å²) in [7, 11) is 0. The first-order valence-electron chi connectivity index (χ1n) is 23.9. The molecule has 56 heavy (non-hydrogen) atoms. The lowest BCUT2D eigenvalue weighted by atomic mass is 9.99. The third-order valence-electron chi connectivity index (χ3n) is 11.6. The molecule has 0 aromatic rings. The van der Waals surface area contributed by atoms with Gasteiger partial charge in [-0.15, -0.1) is 0 Å². The number of amides is 1. The molecule has 7 unspecified atom stereocenters. The summed E-state index contributed by atoms with van der Waals surface area (Å²) >= 11 is 0. The second kappa shape index (κ2) is 38.2. The molecule has 0 aliphatic carbocycles. The van der Waals surface area contributed by atoms with Gasteiger partial charge in [-0.1, -0.05) is 193 Å². The maximum absolute atomic E-state index is 13.0. The molecular weight excluding hydrogens is 707 g/mol. The predicted octanol–water partition coefficient (Wildman–Crippen LogP) is 10.1. The standard InChI is InChI=1S/C47H91NO8/c1-3-5-7-9-11-13-15-17-19-21-22-24-26-28-30-32-34-36-41(50)40(39-55-47-46(54)45(53)44(52)42(38-49)56-47)48-43(51)37-35-33-31-29-27-25-23-20-18-16-14-12-10-8-6-4-2/h20,23,40-42,44-47,49-50,52-54H,3-19,21-22,24-39H2,1-2H3,(H,48,51)/b23-20-. The molecule has 6 N–H and O–H groups in total. The van der Waals surface area contributed by atoms with E-state index in [1.807, 2.05) is 0 Å². The number of carbonyl (C=O) groups excluding carboxylic acids is 1. The number of aliphatic hydroxyl groups excluding tert-OH is 5. The fourth-order valence-electron chi connectivity index (χ4n) is 7.74. The minimum Gasteiger partial charge on any atom is -0.394 e. The van der Waals surface area contributed by atoms with Crippen molar-refractivity contribution in [1.29, 1.82) is 0 Å². The van der Waals surface area contributed by atoms with Gasteiger partial charge in [-0.05, 0) is 38.5 Å². The molecule has 1 heterocycles. The van der Waals surface area contributed by atoms with E-state index in [1.165, 1.54) is 148 Å². The molecule has 1 fully saturated rings. The van der Waals surface area contributed by atoms with Crippen molar-refractivity contribution in [3.63, 3.8) is 0 Å². The van der Waals surface area contributed by atoms with Crippen LogP contribution < -0.4 is 5.32 Å². The second-order valence-electron chi connectivity index (χ2n) is 16.9. The van der Waals surface area contributed by atoms with Crippen molar-refractivity contribution >= 4 is 5.91 Å². The molecule has 1 rings (SSSR count). The molecule has 0 aromatic carbocycles. The number of nitrogens with one attached hydrogen (secondary N) is 1. The normalized spacial score (nSPS) is 21.2. The average molecular weight is 798 g/mol. The molecule has 332 valence electrons. The molecule has 0 bridgehead atoms. The average Bonchev–Trinajstić information content (AvgIpc) is 3.20. The van der Waals surface area contributed by atoms with E-state index >= 15 is 0 Å². The zero-order valence-corrected chi connectivity index (χ0v) is 36.4. The predicted molar refractivity (Wildman–Crippen MR) is 231 cm³/mol. The van der Waals surface area contributed by atoms with Crippen LogP contribution in [0.2, 0.25) is 0 Å². The number of hydrogen-bond donors (Lipinski definition) is 6. The van der Waals surface area contributed by atoms with Gasteiger partial charge in [0.1, 0.15) is 24.4 Å². The third kappa shape index (κ3) is 28.4. The molecule has 9 nitrogen and oxygen atoms in total. The minimum absolute atomic E-state index is 0.138. The number of rotatable bonds is 40.